The number of rotatable bonds is 7. The van der Waals surface area contributed by atoms with E-state index in [1.54, 1.807) is 25.1 Å². The zero-order valence-corrected chi connectivity index (χ0v) is 18.1. The Morgan fingerprint density at radius 3 is 1.41 bits per heavy atom. The quantitative estimate of drug-likeness (QED) is 0.298. The summed E-state index contributed by atoms with van der Waals surface area (Å²) in [5.41, 5.74) is 5.09. The van der Waals surface area contributed by atoms with Gasteiger partial charge in [-0.2, -0.15) is 4.39 Å². The molecule has 4 heteroatoms. The molecule has 4 aromatic carbocycles. The lowest BCUT2D eigenvalue weighted by molar-refractivity contribution is 0.314. The van der Waals surface area contributed by atoms with Gasteiger partial charge in [0.25, 0.3) is 0 Å². The third-order valence-electron chi connectivity index (χ3n) is 5.26. The topological polar surface area (TPSA) is 18.5 Å². The molecule has 0 saturated heterocycles. The van der Waals surface area contributed by atoms with Gasteiger partial charge in [-0.15, -0.1) is 0 Å². The van der Waals surface area contributed by atoms with E-state index in [-0.39, 0.29) is 17.9 Å². The van der Waals surface area contributed by atoms with Crippen molar-refractivity contribution in [2.24, 2.45) is 0 Å². The maximum absolute atomic E-state index is 14.5. The third kappa shape index (κ3) is 4.50. The molecule has 0 aromatic heterocycles. The first-order chi connectivity index (χ1) is 15.6. The van der Waals surface area contributed by atoms with E-state index in [9.17, 15) is 8.78 Å². The van der Waals surface area contributed by atoms with E-state index in [4.69, 9.17) is 9.47 Å². The second kappa shape index (κ2) is 9.65. The second-order valence-corrected chi connectivity index (χ2v) is 7.28. The summed E-state index contributed by atoms with van der Waals surface area (Å²) in [6.45, 7) is 4.62. The molecule has 0 atom stereocenters. The Labute approximate surface area is 187 Å². The lowest BCUT2D eigenvalue weighted by Gasteiger charge is -2.10. The van der Waals surface area contributed by atoms with Gasteiger partial charge in [0.2, 0.25) is 5.82 Å². The summed E-state index contributed by atoms with van der Waals surface area (Å²) in [6.07, 6.45) is 0. The van der Waals surface area contributed by atoms with Gasteiger partial charge >= 0.3 is 0 Å². The third-order valence-corrected chi connectivity index (χ3v) is 5.26. The van der Waals surface area contributed by atoms with E-state index in [2.05, 4.69) is 24.3 Å². The first kappa shape index (κ1) is 21.6. The van der Waals surface area contributed by atoms with Crippen molar-refractivity contribution in [3.63, 3.8) is 0 Å². The Hall–Kier alpha value is -3.66. The minimum Gasteiger partial charge on any atom is -0.494 e. The van der Waals surface area contributed by atoms with Crippen molar-refractivity contribution in [3.05, 3.63) is 96.6 Å². The molecule has 0 aliphatic heterocycles. The van der Waals surface area contributed by atoms with Crippen molar-refractivity contribution in [2.75, 3.05) is 13.2 Å². The van der Waals surface area contributed by atoms with Gasteiger partial charge in [-0.05, 0) is 65.9 Å². The molecule has 162 valence electrons. The van der Waals surface area contributed by atoms with Crippen molar-refractivity contribution in [3.8, 4) is 44.9 Å². The summed E-state index contributed by atoms with van der Waals surface area (Å²) >= 11 is 0. The minimum absolute atomic E-state index is 0.0713. The highest BCUT2D eigenvalue weighted by atomic mass is 19.2. The molecule has 0 unspecified atom stereocenters. The molecular formula is C28H24F2O2. The van der Waals surface area contributed by atoms with E-state index in [1.807, 2.05) is 43.3 Å². The van der Waals surface area contributed by atoms with Gasteiger partial charge < -0.3 is 9.47 Å². The van der Waals surface area contributed by atoms with E-state index in [1.165, 1.54) is 6.07 Å². The predicted molar refractivity (Wildman–Crippen MR) is 125 cm³/mol. The number of benzene rings is 4. The monoisotopic (exact) mass is 430 g/mol. The van der Waals surface area contributed by atoms with Gasteiger partial charge in [-0.1, -0.05) is 60.7 Å². The van der Waals surface area contributed by atoms with Crippen LogP contribution in [0.5, 0.6) is 11.5 Å². The smallest absolute Gasteiger partial charge is 0.201 e. The summed E-state index contributed by atoms with van der Waals surface area (Å²) in [5.74, 6) is -1.07. The lowest BCUT2D eigenvalue weighted by Crippen LogP contribution is -1.98. The molecule has 0 radical (unpaired) electrons. The van der Waals surface area contributed by atoms with Gasteiger partial charge in [0.1, 0.15) is 5.75 Å². The lowest BCUT2D eigenvalue weighted by atomic mass is 9.98. The van der Waals surface area contributed by atoms with Gasteiger partial charge in [0, 0.05) is 5.56 Å². The van der Waals surface area contributed by atoms with Crippen LogP contribution in [0.15, 0.2) is 84.9 Å². The van der Waals surface area contributed by atoms with Gasteiger partial charge in [0.15, 0.2) is 11.6 Å². The molecule has 0 fully saturated rings. The summed E-state index contributed by atoms with van der Waals surface area (Å²) in [4.78, 5) is 0. The van der Waals surface area contributed by atoms with Crippen LogP contribution in [0.1, 0.15) is 13.8 Å². The predicted octanol–water partition coefficient (Wildman–Crippen LogP) is 7.76. The first-order valence-electron chi connectivity index (χ1n) is 10.7. The zero-order valence-electron chi connectivity index (χ0n) is 18.1. The van der Waals surface area contributed by atoms with Crippen LogP contribution in [-0.2, 0) is 0 Å². The van der Waals surface area contributed by atoms with E-state index in [0.29, 0.717) is 12.2 Å². The Bertz CT molecular complexity index is 1180. The maximum Gasteiger partial charge on any atom is 0.201 e. The SMILES string of the molecule is CCOc1ccc(-c2ccc(-c3ccc(-c4ccc(OCC)c(F)c4F)cc3)cc2)cc1. The summed E-state index contributed by atoms with van der Waals surface area (Å²) < 4.78 is 39.3. The largest absolute Gasteiger partial charge is 0.494 e. The first-order valence-corrected chi connectivity index (χ1v) is 10.7. The fraction of sp³-hybridized carbons (Fsp3) is 0.143. The van der Waals surface area contributed by atoms with Crippen molar-refractivity contribution in [1.29, 1.82) is 0 Å². The van der Waals surface area contributed by atoms with Crippen LogP contribution in [0.25, 0.3) is 33.4 Å². The Morgan fingerprint density at radius 2 is 0.938 bits per heavy atom. The van der Waals surface area contributed by atoms with Crippen LogP contribution in [0.4, 0.5) is 8.78 Å². The molecule has 0 aliphatic carbocycles. The van der Waals surface area contributed by atoms with Crippen molar-refractivity contribution < 1.29 is 18.3 Å². The molecule has 4 rings (SSSR count). The highest BCUT2D eigenvalue weighted by Gasteiger charge is 2.15. The van der Waals surface area contributed by atoms with E-state index >= 15 is 0 Å². The highest BCUT2D eigenvalue weighted by molar-refractivity contribution is 5.73. The average molecular weight is 430 g/mol. The van der Waals surface area contributed by atoms with Crippen LogP contribution in [0.3, 0.4) is 0 Å². The van der Waals surface area contributed by atoms with Crippen LogP contribution in [0.2, 0.25) is 0 Å². The van der Waals surface area contributed by atoms with Gasteiger partial charge in [-0.3, -0.25) is 0 Å². The molecule has 32 heavy (non-hydrogen) atoms. The van der Waals surface area contributed by atoms with Crippen LogP contribution >= 0.6 is 0 Å². The maximum atomic E-state index is 14.5. The van der Waals surface area contributed by atoms with Crippen molar-refractivity contribution in [1.82, 2.24) is 0 Å². The molecule has 4 aromatic rings. The van der Waals surface area contributed by atoms with Crippen LogP contribution in [-0.4, -0.2) is 13.2 Å². The van der Waals surface area contributed by atoms with Crippen molar-refractivity contribution in [2.45, 2.75) is 13.8 Å². The average Bonchev–Trinajstić information content (AvgIpc) is 2.83. The van der Waals surface area contributed by atoms with Gasteiger partial charge in [-0.25, -0.2) is 4.39 Å². The molecule has 0 saturated carbocycles. The molecule has 0 aliphatic rings. The molecule has 0 bridgehead atoms. The molecular weight excluding hydrogens is 406 g/mol. The zero-order chi connectivity index (χ0) is 22.5. The van der Waals surface area contributed by atoms with E-state index < -0.39 is 11.6 Å². The Kier molecular flexibility index (Phi) is 6.50. The summed E-state index contributed by atoms with van der Waals surface area (Å²) in [7, 11) is 0. The molecule has 0 N–H and O–H groups in total. The second-order valence-electron chi connectivity index (χ2n) is 7.28. The highest BCUT2D eigenvalue weighted by Crippen LogP contribution is 2.32. The molecule has 0 heterocycles. The normalized spacial score (nSPS) is 10.8. The van der Waals surface area contributed by atoms with Crippen LogP contribution in [0, 0.1) is 11.6 Å². The number of halogens is 2. The summed E-state index contributed by atoms with van der Waals surface area (Å²) in [6, 6.07) is 26.7. The minimum atomic E-state index is -0.960. The fourth-order valence-electron chi connectivity index (χ4n) is 3.63. The van der Waals surface area contributed by atoms with Crippen LogP contribution < -0.4 is 9.47 Å². The fourth-order valence-corrected chi connectivity index (χ4v) is 3.63. The van der Waals surface area contributed by atoms with E-state index in [0.717, 1.165) is 28.0 Å². The van der Waals surface area contributed by atoms with Crippen molar-refractivity contribution >= 4 is 0 Å². The molecule has 2 nitrogen and oxygen atoms in total. The number of hydrogen-bond donors (Lipinski definition) is 0. The summed E-state index contributed by atoms with van der Waals surface area (Å²) in [5, 5.41) is 0. The standard InChI is InChI=1S/C28H24F2O2/c1-3-31-24-15-13-22(14-16-24)20-7-5-19(6-8-20)21-9-11-23(12-10-21)25-17-18-26(32-4-2)28(30)27(25)29/h5-18H,3-4H2,1-2H3. The number of ether oxygens (including phenoxy) is 2. The molecule has 0 spiro atoms. The Balaban J connectivity index is 1.54. The Morgan fingerprint density at radius 1 is 0.500 bits per heavy atom. The van der Waals surface area contributed by atoms with Gasteiger partial charge in [0.05, 0.1) is 13.2 Å². The number of hydrogen-bond acceptors (Lipinski definition) is 2. The molecule has 0 amide bonds.